The average Bonchev–Trinajstić information content (AvgIpc) is 2.86. The molecular weight excluding hydrogens is 488 g/mol. The fourth-order valence-corrected chi connectivity index (χ4v) is 3.62. The number of carbonyl (C=O) groups excluding carboxylic acids is 3. The van der Waals surface area contributed by atoms with E-state index in [1.165, 1.54) is 0 Å². The highest BCUT2D eigenvalue weighted by Crippen LogP contribution is 2.08. The minimum absolute atomic E-state index is 0.0881. The van der Waals surface area contributed by atoms with Gasteiger partial charge in [0.1, 0.15) is 18.1 Å². The smallest absolute Gasteiger partial charge is 0.327 e. The second-order valence-corrected chi connectivity index (χ2v) is 8.60. The number of benzene rings is 2. The summed E-state index contributed by atoms with van der Waals surface area (Å²) in [6.07, 6.45) is 0.269. The molecule has 11 heteroatoms. The number of aliphatic carboxylic acids is 1. The van der Waals surface area contributed by atoms with Crippen LogP contribution in [-0.2, 0) is 32.0 Å². The third-order valence-corrected chi connectivity index (χ3v) is 5.92. The molecule has 0 aliphatic carbocycles. The van der Waals surface area contributed by atoms with Crippen molar-refractivity contribution in [3.8, 4) is 0 Å². The van der Waals surface area contributed by atoms with Crippen molar-refractivity contribution in [2.45, 2.75) is 37.0 Å². The van der Waals surface area contributed by atoms with Gasteiger partial charge in [-0.3, -0.25) is 14.4 Å². The Kier molecular flexibility index (Phi) is 11.6. The number of carboxylic acid groups (broad SMARTS) is 1. The van der Waals surface area contributed by atoms with Gasteiger partial charge >= 0.3 is 5.97 Å². The van der Waals surface area contributed by atoms with Gasteiger partial charge in [-0.05, 0) is 11.1 Å². The molecule has 0 aliphatic heterocycles. The van der Waals surface area contributed by atoms with E-state index in [4.69, 9.17) is 5.73 Å². The molecule has 0 aromatic heterocycles. The van der Waals surface area contributed by atoms with E-state index < -0.39 is 47.9 Å². The summed E-state index contributed by atoms with van der Waals surface area (Å²) < 4.78 is 0. The van der Waals surface area contributed by atoms with Crippen LogP contribution in [0.1, 0.15) is 11.1 Å². The van der Waals surface area contributed by atoms with Crippen molar-refractivity contribution in [1.29, 1.82) is 0 Å². The Morgan fingerprint density at radius 3 is 1.46 bits per heavy atom. The minimum Gasteiger partial charge on any atom is -0.480 e. The summed E-state index contributed by atoms with van der Waals surface area (Å²) in [7, 11) is 0. The molecule has 0 saturated carbocycles. The van der Waals surface area contributed by atoms with Crippen molar-refractivity contribution < 1.29 is 24.3 Å². The fraction of sp³-hybridized carbons (Fsp3) is 0.333. The Hall–Kier alpha value is -3.02. The molecule has 4 unspecified atom stereocenters. The van der Waals surface area contributed by atoms with Crippen LogP contribution in [0.25, 0.3) is 0 Å². The first-order valence-corrected chi connectivity index (χ1v) is 12.2. The molecular formula is C24H30N4O5S2. The predicted molar refractivity (Wildman–Crippen MR) is 139 cm³/mol. The second kappa shape index (κ2) is 14.4. The number of carbonyl (C=O) groups is 4. The van der Waals surface area contributed by atoms with E-state index in [9.17, 15) is 24.3 Å². The van der Waals surface area contributed by atoms with Gasteiger partial charge in [0.05, 0.1) is 6.04 Å². The minimum atomic E-state index is -1.24. The summed E-state index contributed by atoms with van der Waals surface area (Å²) in [6, 6.07) is 13.8. The fourth-order valence-electron chi connectivity index (χ4n) is 3.21. The largest absolute Gasteiger partial charge is 0.480 e. The van der Waals surface area contributed by atoms with Gasteiger partial charge in [0, 0.05) is 24.3 Å². The van der Waals surface area contributed by atoms with Gasteiger partial charge < -0.3 is 26.8 Å². The molecule has 0 fully saturated rings. The number of hydrogen-bond donors (Lipinski definition) is 7. The topological polar surface area (TPSA) is 151 Å². The summed E-state index contributed by atoms with van der Waals surface area (Å²) in [5, 5.41) is 17.0. The maximum absolute atomic E-state index is 13.3. The van der Waals surface area contributed by atoms with Gasteiger partial charge in [0.15, 0.2) is 0 Å². The molecule has 2 aromatic carbocycles. The molecule has 2 aromatic rings. The zero-order valence-corrected chi connectivity index (χ0v) is 20.8. The SMILES string of the molecule is NC(CS)C(=O)NC(Cc1ccccc1)C(=O)NC(Cc1ccccc1)C(=O)NC(CS)C(=O)O. The lowest BCUT2D eigenvalue weighted by atomic mass is 10.0. The van der Waals surface area contributed by atoms with Crippen LogP contribution in [-0.4, -0.2) is 64.5 Å². The molecule has 188 valence electrons. The highest BCUT2D eigenvalue weighted by Gasteiger charge is 2.30. The van der Waals surface area contributed by atoms with Gasteiger partial charge in [-0.15, -0.1) is 0 Å². The Morgan fingerprint density at radius 2 is 1.09 bits per heavy atom. The summed E-state index contributed by atoms with van der Waals surface area (Å²) in [5.74, 6) is -3.12. The maximum Gasteiger partial charge on any atom is 0.327 e. The van der Waals surface area contributed by atoms with Crippen molar-refractivity contribution in [1.82, 2.24) is 16.0 Å². The standard InChI is InChI=1S/C24H30N4O5S2/c25-17(13-34)21(29)26-18(11-15-7-3-1-4-8-15)22(30)27-19(12-16-9-5-2-6-10-16)23(31)28-20(14-35)24(32)33/h1-10,17-20,34-35H,11-14,25H2,(H,26,29)(H,27,30)(H,28,31)(H,32,33). The lowest BCUT2D eigenvalue weighted by Crippen LogP contribution is -2.58. The third-order valence-electron chi connectivity index (χ3n) is 5.16. The molecule has 0 bridgehead atoms. The first-order chi connectivity index (χ1) is 16.7. The van der Waals surface area contributed by atoms with Crippen LogP contribution < -0.4 is 21.7 Å². The van der Waals surface area contributed by atoms with Gasteiger partial charge in [-0.25, -0.2) is 4.79 Å². The van der Waals surface area contributed by atoms with Crippen LogP contribution in [0.5, 0.6) is 0 Å². The zero-order valence-electron chi connectivity index (χ0n) is 19.0. The predicted octanol–water partition coefficient (Wildman–Crippen LogP) is 0.198. The molecule has 0 heterocycles. The number of nitrogens with two attached hydrogens (primary N) is 1. The summed E-state index contributed by atoms with van der Waals surface area (Å²) >= 11 is 8.00. The van der Waals surface area contributed by atoms with Gasteiger partial charge in [0.2, 0.25) is 17.7 Å². The summed E-state index contributed by atoms with van der Waals surface area (Å²) in [5.41, 5.74) is 7.31. The lowest BCUT2D eigenvalue weighted by molar-refractivity contribution is -0.141. The number of thiol groups is 2. The molecule has 2 rings (SSSR count). The van der Waals surface area contributed by atoms with Crippen LogP contribution in [0, 0.1) is 0 Å². The molecule has 6 N–H and O–H groups in total. The number of carboxylic acids is 1. The highest BCUT2D eigenvalue weighted by atomic mass is 32.1. The quantitative estimate of drug-likeness (QED) is 0.188. The Balaban J connectivity index is 2.27. The zero-order chi connectivity index (χ0) is 25.8. The molecule has 4 atom stereocenters. The highest BCUT2D eigenvalue weighted by molar-refractivity contribution is 7.80. The third kappa shape index (κ3) is 9.27. The van der Waals surface area contributed by atoms with Gasteiger partial charge in [-0.1, -0.05) is 60.7 Å². The van der Waals surface area contributed by atoms with Crippen LogP contribution >= 0.6 is 25.3 Å². The van der Waals surface area contributed by atoms with Crippen LogP contribution in [0.2, 0.25) is 0 Å². The Bertz CT molecular complexity index is 994. The number of hydrogen-bond acceptors (Lipinski definition) is 7. The number of rotatable bonds is 13. The molecule has 0 aliphatic rings. The number of amides is 3. The van der Waals surface area contributed by atoms with Crippen LogP contribution in [0.15, 0.2) is 60.7 Å². The second-order valence-electron chi connectivity index (χ2n) is 7.87. The first kappa shape index (κ1) is 28.2. The van der Waals surface area contributed by atoms with Gasteiger partial charge in [-0.2, -0.15) is 25.3 Å². The molecule has 9 nitrogen and oxygen atoms in total. The van der Waals surface area contributed by atoms with Crippen LogP contribution in [0.4, 0.5) is 0 Å². The molecule has 0 radical (unpaired) electrons. The van der Waals surface area contributed by atoms with E-state index in [1.54, 1.807) is 36.4 Å². The molecule has 3 amide bonds. The molecule has 0 saturated heterocycles. The monoisotopic (exact) mass is 518 g/mol. The van der Waals surface area contributed by atoms with Crippen molar-refractivity contribution in [3.63, 3.8) is 0 Å². The van der Waals surface area contributed by atoms with E-state index in [0.717, 1.165) is 11.1 Å². The average molecular weight is 519 g/mol. The number of nitrogens with one attached hydrogen (secondary N) is 3. The molecule has 35 heavy (non-hydrogen) atoms. The van der Waals surface area contributed by atoms with E-state index in [1.807, 2.05) is 24.3 Å². The van der Waals surface area contributed by atoms with Gasteiger partial charge in [0.25, 0.3) is 0 Å². The van der Waals surface area contributed by atoms with Crippen molar-refractivity contribution in [3.05, 3.63) is 71.8 Å². The van der Waals surface area contributed by atoms with Crippen molar-refractivity contribution in [2.24, 2.45) is 5.73 Å². The van der Waals surface area contributed by atoms with E-state index in [2.05, 4.69) is 41.2 Å². The maximum atomic E-state index is 13.3. The van der Waals surface area contributed by atoms with E-state index in [0.29, 0.717) is 0 Å². The van der Waals surface area contributed by atoms with E-state index in [-0.39, 0.29) is 24.3 Å². The first-order valence-electron chi connectivity index (χ1n) is 10.9. The summed E-state index contributed by atoms with van der Waals surface area (Å²) in [6.45, 7) is 0. The van der Waals surface area contributed by atoms with Crippen molar-refractivity contribution in [2.75, 3.05) is 11.5 Å². The van der Waals surface area contributed by atoms with Crippen molar-refractivity contribution >= 4 is 48.9 Å². The van der Waals surface area contributed by atoms with E-state index >= 15 is 0 Å². The Morgan fingerprint density at radius 1 is 0.686 bits per heavy atom. The molecule has 0 spiro atoms. The Labute approximate surface area is 215 Å². The van der Waals surface area contributed by atoms with Crippen LogP contribution in [0.3, 0.4) is 0 Å². The summed E-state index contributed by atoms with van der Waals surface area (Å²) in [4.78, 5) is 50.1. The normalized spacial score (nSPS) is 14.1. The lowest BCUT2D eigenvalue weighted by Gasteiger charge is -2.25.